The van der Waals surface area contributed by atoms with Gasteiger partial charge in [-0.1, -0.05) is 17.7 Å². The highest BCUT2D eigenvalue weighted by molar-refractivity contribution is 7.89. The van der Waals surface area contributed by atoms with Crippen LogP contribution in [0.15, 0.2) is 53.6 Å². The van der Waals surface area contributed by atoms with Crippen molar-refractivity contribution in [1.82, 2.24) is 9.29 Å². The predicted molar refractivity (Wildman–Crippen MR) is 87.6 cm³/mol. The van der Waals surface area contributed by atoms with Crippen LogP contribution in [0, 0.1) is 0 Å². The van der Waals surface area contributed by atoms with Crippen molar-refractivity contribution in [2.75, 3.05) is 13.1 Å². The number of nitrogens with zero attached hydrogens (tertiary/aromatic N) is 2. The zero-order valence-electron chi connectivity index (χ0n) is 12.4. The van der Waals surface area contributed by atoms with E-state index in [1.165, 1.54) is 16.4 Å². The lowest BCUT2D eigenvalue weighted by atomic mass is 10.3. The summed E-state index contributed by atoms with van der Waals surface area (Å²) in [5, 5.41) is 0.516. The Morgan fingerprint density at radius 1 is 1.22 bits per heavy atom. The number of rotatable bonds is 5. The van der Waals surface area contributed by atoms with Gasteiger partial charge in [0.15, 0.2) is 0 Å². The minimum Gasteiger partial charge on any atom is -0.371 e. The Labute approximate surface area is 140 Å². The Kier molecular flexibility index (Phi) is 4.96. The summed E-state index contributed by atoms with van der Waals surface area (Å²) in [7, 11) is -3.49. The minimum atomic E-state index is -3.49. The molecule has 5 nitrogen and oxygen atoms in total. The second kappa shape index (κ2) is 6.97. The average molecular weight is 353 g/mol. The highest BCUT2D eigenvalue weighted by Gasteiger charge is 2.33. The summed E-state index contributed by atoms with van der Waals surface area (Å²) in [4.78, 5) is 4.45. The van der Waals surface area contributed by atoms with E-state index in [1.807, 2.05) is 18.2 Å². The molecule has 1 aromatic heterocycles. The Hall–Kier alpha value is -1.47. The Bertz CT molecular complexity index is 751. The summed E-state index contributed by atoms with van der Waals surface area (Å²) >= 11 is 5.81. The number of ether oxygens (including phenoxy) is 1. The fourth-order valence-corrected chi connectivity index (χ4v) is 4.11. The molecule has 0 spiro atoms. The third kappa shape index (κ3) is 3.90. The number of hydrogen-bond acceptors (Lipinski definition) is 4. The molecule has 2 aromatic rings. The molecule has 1 fully saturated rings. The molecule has 2 heterocycles. The molecule has 23 heavy (non-hydrogen) atoms. The smallest absolute Gasteiger partial charge is 0.243 e. The fraction of sp³-hybridized carbons (Fsp3) is 0.312. The van der Waals surface area contributed by atoms with Crippen molar-refractivity contribution in [3.63, 3.8) is 0 Å². The molecular weight excluding hydrogens is 336 g/mol. The molecular formula is C16H17ClN2O3S. The summed E-state index contributed by atoms with van der Waals surface area (Å²) < 4.78 is 32.4. The van der Waals surface area contributed by atoms with Crippen molar-refractivity contribution in [1.29, 1.82) is 0 Å². The van der Waals surface area contributed by atoms with Crippen LogP contribution in [0.2, 0.25) is 5.02 Å². The molecule has 0 unspecified atom stereocenters. The predicted octanol–water partition coefficient (Wildman–Crippen LogP) is 2.71. The largest absolute Gasteiger partial charge is 0.371 e. The summed E-state index contributed by atoms with van der Waals surface area (Å²) in [5.41, 5.74) is 0.839. The molecule has 1 aliphatic rings. The molecule has 0 radical (unpaired) electrons. The molecule has 1 aliphatic heterocycles. The first kappa shape index (κ1) is 16.4. The van der Waals surface area contributed by atoms with E-state index in [2.05, 4.69) is 4.98 Å². The Morgan fingerprint density at radius 3 is 2.70 bits per heavy atom. The Morgan fingerprint density at radius 2 is 2.00 bits per heavy atom. The van der Waals surface area contributed by atoms with Gasteiger partial charge >= 0.3 is 0 Å². The first-order valence-electron chi connectivity index (χ1n) is 7.33. The van der Waals surface area contributed by atoms with E-state index in [0.717, 1.165) is 5.69 Å². The maximum absolute atomic E-state index is 12.6. The molecule has 1 saturated heterocycles. The molecule has 3 rings (SSSR count). The van der Waals surface area contributed by atoms with Crippen molar-refractivity contribution in [2.24, 2.45) is 0 Å². The van der Waals surface area contributed by atoms with E-state index < -0.39 is 10.0 Å². The number of sulfonamides is 1. The van der Waals surface area contributed by atoms with Gasteiger partial charge in [0.1, 0.15) is 0 Å². The van der Waals surface area contributed by atoms with Gasteiger partial charge in [-0.2, -0.15) is 4.31 Å². The standard InChI is InChI=1S/C16H17ClN2O3S/c17-13-4-6-16(7-5-13)23(20,21)19-10-8-15(11-19)22-12-14-3-1-2-9-18-14/h1-7,9,15H,8,10-12H2/t15-/m1/s1. The zero-order chi connectivity index (χ0) is 16.3. The first-order valence-corrected chi connectivity index (χ1v) is 9.15. The van der Waals surface area contributed by atoms with Gasteiger partial charge in [0, 0.05) is 24.3 Å². The molecule has 1 atom stereocenters. The van der Waals surface area contributed by atoms with Crippen LogP contribution in [-0.4, -0.2) is 36.9 Å². The molecule has 122 valence electrons. The van der Waals surface area contributed by atoms with Crippen LogP contribution in [0.5, 0.6) is 0 Å². The summed E-state index contributed by atoms with van der Waals surface area (Å²) in [6.07, 6.45) is 2.28. The third-order valence-corrected chi connectivity index (χ3v) is 5.88. The number of pyridine rings is 1. The van der Waals surface area contributed by atoms with Gasteiger partial charge < -0.3 is 4.74 Å². The van der Waals surface area contributed by atoms with Gasteiger partial charge in [-0.25, -0.2) is 8.42 Å². The van der Waals surface area contributed by atoms with Crippen molar-refractivity contribution in [3.8, 4) is 0 Å². The summed E-state index contributed by atoms with van der Waals surface area (Å²) in [6, 6.07) is 11.9. The second-order valence-electron chi connectivity index (χ2n) is 5.36. The lowest BCUT2D eigenvalue weighted by molar-refractivity contribution is 0.0489. The van der Waals surface area contributed by atoms with Crippen molar-refractivity contribution < 1.29 is 13.2 Å². The van der Waals surface area contributed by atoms with Gasteiger partial charge in [-0.15, -0.1) is 0 Å². The molecule has 1 aromatic carbocycles. The van der Waals surface area contributed by atoms with Crippen LogP contribution in [0.1, 0.15) is 12.1 Å². The second-order valence-corrected chi connectivity index (χ2v) is 7.73. The highest BCUT2D eigenvalue weighted by Crippen LogP contribution is 2.24. The highest BCUT2D eigenvalue weighted by atomic mass is 35.5. The summed E-state index contributed by atoms with van der Waals surface area (Å²) in [5.74, 6) is 0. The molecule has 0 N–H and O–H groups in total. The van der Waals surface area contributed by atoms with E-state index in [-0.39, 0.29) is 11.0 Å². The number of hydrogen-bond donors (Lipinski definition) is 0. The number of aromatic nitrogens is 1. The quantitative estimate of drug-likeness (QED) is 0.830. The summed E-state index contributed by atoms with van der Waals surface area (Å²) in [6.45, 7) is 1.20. The van der Waals surface area contributed by atoms with Gasteiger partial charge in [0.2, 0.25) is 10.0 Å². The Balaban J connectivity index is 1.61. The average Bonchev–Trinajstić information content (AvgIpc) is 3.04. The van der Waals surface area contributed by atoms with Crippen LogP contribution in [0.3, 0.4) is 0 Å². The molecule has 0 amide bonds. The van der Waals surface area contributed by atoms with Gasteiger partial charge in [-0.3, -0.25) is 4.98 Å². The SMILES string of the molecule is O=S(=O)(c1ccc(Cl)cc1)N1CC[C@@H](OCc2ccccn2)C1. The maximum Gasteiger partial charge on any atom is 0.243 e. The van der Waals surface area contributed by atoms with E-state index in [1.54, 1.807) is 18.3 Å². The normalized spacial score (nSPS) is 19.1. The van der Waals surface area contributed by atoms with Crippen LogP contribution >= 0.6 is 11.6 Å². The van der Waals surface area contributed by atoms with E-state index >= 15 is 0 Å². The molecule has 0 saturated carbocycles. The van der Waals surface area contributed by atoms with Crippen LogP contribution in [0.25, 0.3) is 0 Å². The topological polar surface area (TPSA) is 59.5 Å². The lowest BCUT2D eigenvalue weighted by Crippen LogP contribution is -2.30. The van der Waals surface area contributed by atoms with Crippen molar-refractivity contribution in [2.45, 2.75) is 24.0 Å². The first-order chi connectivity index (χ1) is 11.1. The van der Waals surface area contributed by atoms with Gasteiger partial charge in [0.05, 0.1) is 23.3 Å². The fourth-order valence-electron chi connectivity index (χ4n) is 2.49. The van der Waals surface area contributed by atoms with E-state index in [4.69, 9.17) is 16.3 Å². The number of halogens is 1. The zero-order valence-corrected chi connectivity index (χ0v) is 14.0. The van der Waals surface area contributed by atoms with Crippen LogP contribution in [0.4, 0.5) is 0 Å². The van der Waals surface area contributed by atoms with E-state index in [0.29, 0.717) is 31.1 Å². The minimum absolute atomic E-state index is 0.112. The lowest BCUT2D eigenvalue weighted by Gasteiger charge is -2.17. The van der Waals surface area contributed by atoms with Gasteiger partial charge in [0.25, 0.3) is 0 Å². The van der Waals surface area contributed by atoms with Crippen LogP contribution in [-0.2, 0) is 21.4 Å². The molecule has 7 heteroatoms. The molecule has 0 aliphatic carbocycles. The van der Waals surface area contributed by atoms with Crippen LogP contribution < -0.4 is 0 Å². The van der Waals surface area contributed by atoms with Gasteiger partial charge in [-0.05, 0) is 42.8 Å². The third-order valence-electron chi connectivity index (χ3n) is 3.75. The monoisotopic (exact) mass is 352 g/mol. The van der Waals surface area contributed by atoms with Crippen molar-refractivity contribution >= 4 is 21.6 Å². The van der Waals surface area contributed by atoms with E-state index in [9.17, 15) is 8.42 Å². The molecule has 0 bridgehead atoms. The number of benzene rings is 1. The maximum atomic E-state index is 12.6. The van der Waals surface area contributed by atoms with Crippen molar-refractivity contribution in [3.05, 3.63) is 59.4 Å².